The third-order valence-corrected chi connectivity index (χ3v) is 2.40. The molecule has 0 aliphatic carbocycles. The Bertz CT molecular complexity index is 572. The van der Waals surface area contributed by atoms with E-state index < -0.39 is 0 Å². The molecule has 0 aliphatic rings. The van der Waals surface area contributed by atoms with Gasteiger partial charge in [-0.3, -0.25) is 4.79 Å². The van der Waals surface area contributed by atoms with Gasteiger partial charge in [0.25, 0.3) is 5.91 Å². The van der Waals surface area contributed by atoms with Gasteiger partial charge >= 0.3 is 0 Å². The number of hydrogen-bond acceptors (Lipinski definition) is 5. The van der Waals surface area contributed by atoms with Crippen LogP contribution in [-0.4, -0.2) is 22.7 Å². The molecule has 0 saturated carbocycles. The highest BCUT2D eigenvalue weighted by atomic mass is 16.5. The zero-order chi connectivity index (χ0) is 13.7. The van der Waals surface area contributed by atoms with Gasteiger partial charge in [0, 0.05) is 11.9 Å². The Hall–Kier alpha value is -2.63. The van der Waals surface area contributed by atoms with Crippen molar-refractivity contribution >= 4 is 17.4 Å². The number of anilines is 2. The number of carbonyl (C=O) groups excluding carboxylic acids is 1. The van der Waals surface area contributed by atoms with Gasteiger partial charge in [-0.15, -0.1) is 5.10 Å². The number of hydrogen-bond donors (Lipinski definition) is 2. The Balaban J connectivity index is 2.28. The molecule has 98 valence electrons. The van der Waals surface area contributed by atoms with Crippen LogP contribution < -0.4 is 15.8 Å². The first-order chi connectivity index (χ1) is 9.22. The van der Waals surface area contributed by atoms with E-state index in [0.717, 1.165) is 0 Å². The molecule has 1 aromatic heterocycles. The predicted molar refractivity (Wildman–Crippen MR) is 72.0 cm³/mol. The van der Waals surface area contributed by atoms with Crippen LogP contribution >= 0.6 is 0 Å². The molecule has 0 atom stereocenters. The van der Waals surface area contributed by atoms with Crippen molar-refractivity contribution in [2.75, 3.05) is 17.7 Å². The van der Waals surface area contributed by atoms with Crippen molar-refractivity contribution in [2.45, 2.75) is 6.92 Å². The lowest BCUT2D eigenvalue weighted by atomic mass is 10.1. The van der Waals surface area contributed by atoms with Crippen LogP contribution in [0.3, 0.4) is 0 Å². The smallest absolute Gasteiger partial charge is 0.262 e. The van der Waals surface area contributed by atoms with Crippen LogP contribution in [-0.2, 0) is 0 Å². The lowest BCUT2D eigenvalue weighted by Crippen LogP contribution is -2.16. The first-order valence-corrected chi connectivity index (χ1v) is 5.82. The lowest BCUT2D eigenvalue weighted by Gasteiger charge is -2.12. The van der Waals surface area contributed by atoms with Crippen LogP contribution in [0.5, 0.6) is 5.75 Å². The molecule has 3 N–H and O–H groups in total. The third-order valence-electron chi connectivity index (χ3n) is 2.40. The van der Waals surface area contributed by atoms with Crippen LogP contribution in [0.2, 0.25) is 0 Å². The zero-order valence-electron chi connectivity index (χ0n) is 10.5. The Labute approximate surface area is 110 Å². The topological polar surface area (TPSA) is 90.1 Å². The second-order valence-electron chi connectivity index (χ2n) is 3.72. The number of nitrogens with zero attached hydrogens (tertiary/aromatic N) is 2. The maximum absolute atomic E-state index is 12.2. The van der Waals surface area contributed by atoms with Gasteiger partial charge in [-0.1, -0.05) is 6.07 Å². The van der Waals surface area contributed by atoms with Crippen molar-refractivity contribution in [1.82, 2.24) is 10.2 Å². The molecule has 6 heteroatoms. The summed E-state index contributed by atoms with van der Waals surface area (Å²) in [6.45, 7) is 2.29. The molecule has 0 aliphatic heterocycles. The van der Waals surface area contributed by atoms with Crippen LogP contribution in [0.15, 0.2) is 36.5 Å². The van der Waals surface area contributed by atoms with Crippen molar-refractivity contribution in [3.63, 3.8) is 0 Å². The molecule has 0 fully saturated rings. The molecule has 1 heterocycles. The van der Waals surface area contributed by atoms with Crippen molar-refractivity contribution in [1.29, 1.82) is 0 Å². The summed E-state index contributed by atoms with van der Waals surface area (Å²) in [6, 6.07) is 8.41. The number of rotatable bonds is 4. The SMILES string of the molecule is CCOc1cccc(N)c1C(=O)Nc1cccnn1. The molecule has 0 bridgehead atoms. The highest BCUT2D eigenvalue weighted by molar-refractivity contribution is 6.09. The standard InChI is InChI=1S/C13H14N4O2/c1-2-19-10-6-3-5-9(14)12(10)13(18)16-11-7-4-8-15-17-11/h3-8H,2,14H2,1H3,(H,16,17,18). The summed E-state index contributed by atoms with van der Waals surface area (Å²) in [5, 5.41) is 10.1. The van der Waals surface area contributed by atoms with E-state index in [4.69, 9.17) is 10.5 Å². The fraction of sp³-hybridized carbons (Fsp3) is 0.154. The normalized spacial score (nSPS) is 9.95. The van der Waals surface area contributed by atoms with E-state index in [0.29, 0.717) is 29.4 Å². The van der Waals surface area contributed by atoms with Gasteiger partial charge in [-0.25, -0.2) is 0 Å². The van der Waals surface area contributed by atoms with Crippen LogP contribution in [0, 0.1) is 0 Å². The number of nitrogen functional groups attached to an aromatic ring is 1. The van der Waals surface area contributed by atoms with Gasteiger partial charge in [-0.2, -0.15) is 5.10 Å². The maximum Gasteiger partial charge on any atom is 0.262 e. The summed E-state index contributed by atoms with van der Waals surface area (Å²) in [5.41, 5.74) is 6.48. The molecular weight excluding hydrogens is 244 g/mol. The number of nitrogens with one attached hydrogen (secondary N) is 1. The maximum atomic E-state index is 12.2. The minimum atomic E-state index is -0.373. The Morgan fingerprint density at radius 1 is 1.37 bits per heavy atom. The Morgan fingerprint density at radius 3 is 2.89 bits per heavy atom. The largest absolute Gasteiger partial charge is 0.493 e. The molecular formula is C13H14N4O2. The predicted octanol–water partition coefficient (Wildman–Crippen LogP) is 1.71. The second kappa shape index (κ2) is 5.81. The monoisotopic (exact) mass is 258 g/mol. The molecule has 1 amide bonds. The van der Waals surface area contributed by atoms with E-state index in [1.165, 1.54) is 6.20 Å². The van der Waals surface area contributed by atoms with Gasteiger partial charge in [0.1, 0.15) is 11.3 Å². The van der Waals surface area contributed by atoms with Crippen molar-refractivity contribution in [3.8, 4) is 5.75 Å². The average Bonchev–Trinajstić information content (AvgIpc) is 2.40. The molecule has 2 aromatic rings. The minimum absolute atomic E-state index is 0.301. The number of nitrogens with two attached hydrogens (primary N) is 1. The molecule has 6 nitrogen and oxygen atoms in total. The summed E-state index contributed by atoms with van der Waals surface area (Å²) < 4.78 is 5.40. The first-order valence-electron chi connectivity index (χ1n) is 5.82. The van der Waals surface area contributed by atoms with E-state index in [9.17, 15) is 4.79 Å². The molecule has 19 heavy (non-hydrogen) atoms. The van der Waals surface area contributed by atoms with Gasteiger partial charge in [0.2, 0.25) is 0 Å². The summed E-state index contributed by atoms with van der Waals surface area (Å²) in [6.07, 6.45) is 1.53. The fourth-order valence-electron chi connectivity index (χ4n) is 1.61. The van der Waals surface area contributed by atoms with Gasteiger partial charge in [0.15, 0.2) is 5.82 Å². The Kier molecular flexibility index (Phi) is 3.92. The number of ether oxygens (including phenoxy) is 1. The quantitative estimate of drug-likeness (QED) is 0.815. The number of benzene rings is 1. The van der Waals surface area contributed by atoms with E-state index in [-0.39, 0.29) is 5.91 Å². The molecule has 2 rings (SSSR count). The second-order valence-corrected chi connectivity index (χ2v) is 3.72. The van der Waals surface area contributed by atoms with Gasteiger partial charge < -0.3 is 15.8 Å². The number of carbonyl (C=O) groups is 1. The van der Waals surface area contributed by atoms with Crippen LogP contribution in [0.25, 0.3) is 0 Å². The van der Waals surface area contributed by atoms with Gasteiger partial charge in [0.05, 0.1) is 6.61 Å². The van der Waals surface area contributed by atoms with Crippen molar-refractivity contribution in [3.05, 3.63) is 42.1 Å². The third kappa shape index (κ3) is 2.98. The fourth-order valence-corrected chi connectivity index (χ4v) is 1.61. The number of amides is 1. The van der Waals surface area contributed by atoms with Crippen LogP contribution in [0.1, 0.15) is 17.3 Å². The first kappa shape index (κ1) is 12.8. The molecule has 1 aromatic carbocycles. The highest BCUT2D eigenvalue weighted by Gasteiger charge is 2.16. The molecule has 0 spiro atoms. The summed E-state index contributed by atoms with van der Waals surface area (Å²) in [7, 11) is 0. The summed E-state index contributed by atoms with van der Waals surface area (Å²) in [4.78, 5) is 12.2. The summed E-state index contributed by atoms with van der Waals surface area (Å²) in [5.74, 6) is 0.434. The molecule has 0 saturated heterocycles. The minimum Gasteiger partial charge on any atom is -0.493 e. The van der Waals surface area contributed by atoms with Crippen molar-refractivity contribution < 1.29 is 9.53 Å². The summed E-state index contributed by atoms with van der Waals surface area (Å²) >= 11 is 0. The zero-order valence-corrected chi connectivity index (χ0v) is 10.5. The van der Waals surface area contributed by atoms with Gasteiger partial charge in [-0.05, 0) is 31.2 Å². The average molecular weight is 258 g/mol. The number of aromatic nitrogens is 2. The van der Waals surface area contributed by atoms with E-state index in [2.05, 4.69) is 15.5 Å². The van der Waals surface area contributed by atoms with E-state index >= 15 is 0 Å². The van der Waals surface area contributed by atoms with E-state index in [1.54, 1.807) is 30.3 Å². The molecule has 0 unspecified atom stereocenters. The lowest BCUT2D eigenvalue weighted by molar-refractivity contribution is 0.102. The van der Waals surface area contributed by atoms with Crippen molar-refractivity contribution in [2.24, 2.45) is 0 Å². The Morgan fingerprint density at radius 2 is 2.21 bits per heavy atom. The van der Waals surface area contributed by atoms with E-state index in [1.807, 2.05) is 6.92 Å². The van der Waals surface area contributed by atoms with Crippen LogP contribution in [0.4, 0.5) is 11.5 Å². The highest BCUT2D eigenvalue weighted by Crippen LogP contribution is 2.25. The molecule has 0 radical (unpaired) electrons.